The maximum atomic E-state index is 13.7. The Balaban J connectivity index is 1.69. The van der Waals surface area contributed by atoms with Gasteiger partial charge in [-0.05, 0) is 41.8 Å². The minimum absolute atomic E-state index is 0.138. The Morgan fingerprint density at radius 1 is 1.24 bits per heavy atom. The van der Waals surface area contributed by atoms with Crippen molar-refractivity contribution in [3.63, 3.8) is 0 Å². The van der Waals surface area contributed by atoms with E-state index >= 15 is 0 Å². The van der Waals surface area contributed by atoms with Gasteiger partial charge in [-0.1, -0.05) is 30.4 Å². The normalized spacial score (nSPS) is 14.0. The fourth-order valence-electron chi connectivity index (χ4n) is 3.42. The number of nitrogens with one attached hydrogen (secondary N) is 2. The molecule has 1 aliphatic rings. The fourth-order valence-corrected chi connectivity index (χ4v) is 3.42. The van der Waals surface area contributed by atoms with E-state index in [2.05, 4.69) is 10.3 Å². The third kappa shape index (κ3) is 6.63. The number of halogens is 1. The number of benzene rings is 1. The predicted octanol–water partition coefficient (Wildman–Crippen LogP) is 4.10. The van der Waals surface area contributed by atoms with Crippen molar-refractivity contribution in [2.75, 3.05) is 27.6 Å². The van der Waals surface area contributed by atoms with Crippen molar-refractivity contribution in [1.29, 1.82) is 5.41 Å². The lowest BCUT2D eigenvalue weighted by atomic mass is 10.0. The molecule has 2 aromatic rings. The van der Waals surface area contributed by atoms with Crippen LogP contribution in [0.4, 0.5) is 4.39 Å². The molecule has 1 aromatic heterocycles. The predicted molar refractivity (Wildman–Crippen MR) is 131 cm³/mol. The zero-order chi connectivity index (χ0) is 24.3. The van der Waals surface area contributed by atoms with Gasteiger partial charge in [0.25, 0.3) is 0 Å². The number of pyridine rings is 1. The zero-order valence-electron chi connectivity index (χ0n) is 19.3. The topological polar surface area (TPSA) is 102 Å². The average Bonchev–Trinajstić information content (AvgIpc) is 3.01. The summed E-state index contributed by atoms with van der Waals surface area (Å²) >= 11 is 0. The number of hydrogen-bond acceptors (Lipinski definition) is 7. The van der Waals surface area contributed by atoms with E-state index in [1.807, 2.05) is 24.3 Å². The summed E-state index contributed by atoms with van der Waals surface area (Å²) in [6.07, 6.45) is 11.2. The molecule has 0 bridgehead atoms. The van der Waals surface area contributed by atoms with Crippen LogP contribution in [-0.4, -0.2) is 38.3 Å². The monoisotopic (exact) mass is 464 g/mol. The highest BCUT2D eigenvalue weighted by molar-refractivity contribution is 6.12. The van der Waals surface area contributed by atoms with E-state index in [4.69, 9.17) is 25.4 Å². The van der Waals surface area contributed by atoms with E-state index in [-0.39, 0.29) is 11.5 Å². The Bertz CT molecular complexity index is 1120. The molecule has 34 heavy (non-hydrogen) atoms. The van der Waals surface area contributed by atoms with Crippen LogP contribution in [0.1, 0.15) is 17.5 Å². The smallest absolute Gasteiger partial charge is 0.165 e. The minimum atomic E-state index is -0.445. The quantitative estimate of drug-likeness (QED) is 0.263. The molecule has 0 saturated carbocycles. The van der Waals surface area contributed by atoms with Crippen molar-refractivity contribution in [3.05, 3.63) is 101 Å². The third-order valence-electron chi connectivity index (χ3n) is 5.11. The summed E-state index contributed by atoms with van der Waals surface area (Å²) in [4.78, 5) is 4.09. The molecular weight excluding hydrogens is 435 g/mol. The third-order valence-corrected chi connectivity index (χ3v) is 5.11. The number of methoxy groups -OCH3 is 2. The van der Waals surface area contributed by atoms with Gasteiger partial charge in [-0.3, -0.25) is 10.3 Å². The molecule has 0 atom stereocenters. The van der Waals surface area contributed by atoms with Gasteiger partial charge in [0.15, 0.2) is 11.6 Å². The molecule has 1 aliphatic carbocycles. The molecule has 7 nitrogen and oxygen atoms in total. The van der Waals surface area contributed by atoms with Crippen LogP contribution in [0, 0.1) is 11.2 Å². The Labute approximate surface area is 198 Å². The second kappa shape index (κ2) is 12.5. The van der Waals surface area contributed by atoms with Gasteiger partial charge in [0, 0.05) is 30.2 Å². The molecule has 0 amide bonds. The van der Waals surface area contributed by atoms with Gasteiger partial charge >= 0.3 is 0 Å². The van der Waals surface area contributed by atoms with Crippen molar-refractivity contribution in [2.45, 2.75) is 13.0 Å². The first-order valence-electron chi connectivity index (χ1n) is 10.7. The molecule has 0 unspecified atom stereocenters. The van der Waals surface area contributed by atoms with Crippen LogP contribution in [-0.2, 0) is 16.0 Å². The van der Waals surface area contributed by atoms with Crippen LogP contribution < -0.4 is 15.8 Å². The van der Waals surface area contributed by atoms with E-state index in [0.717, 1.165) is 11.1 Å². The maximum Gasteiger partial charge on any atom is 0.165 e. The molecule has 0 saturated heterocycles. The van der Waals surface area contributed by atoms with E-state index in [1.54, 1.807) is 43.8 Å². The lowest BCUT2D eigenvalue weighted by molar-refractivity contribution is 0.131. The molecule has 4 N–H and O–H groups in total. The number of aromatic nitrogens is 1. The lowest BCUT2D eigenvalue weighted by Gasteiger charge is -2.16. The first-order chi connectivity index (χ1) is 16.5. The Kier molecular flexibility index (Phi) is 9.13. The molecular formula is C26H29FN4O3. The van der Waals surface area contributed by atoms with Crippen LogP contribution in [0.5, 0.6) is 5.75 Å². The highest BCUT2D eigenvalue weighted by atomic mass is 19.1. The first-order valence-corrected chi connectivity index (χ1v) is 10.7. The van der Waals surface area contributed by atoms with Gasteiger partial charge in [0.1, 0.15) is 5.76 Å². The summed E-state index contributed by atoms with van der Waals surface area (Å²) in [5.74, 6) is 0.184. The van der Waals surface area contributed by atoms with Crippen molar-refractivity contribution in [3.8, 4) is 5.75 Å². The van der Waals surface area contributed by atoms with Gasteiger partial charge in [0.2, 0.25) is 0 Å². The Morgan fingerprint density at radius 2 is 2.09 bits per heavy atom. The maximum absolute atomic E-state index is 13.7. The summed E-state index contributed by atoms with van der Waals surface area (Å²) in [5.41, 5.74) is 9.92. The van der Waals surface area contributed by atoms with Crippen LogP contribution in [0.15, 0.2) is 83.6 Å². The SMILES string of the molecule is COC1=C(C(=N)/C=C/c2ccc(F)c(OC)c2)C(N)=CCC=C1COCNCc1cccnc1. The number of hydrogen-bond donors (Lipinski definition) is 3. The molecule has 1 heterocycles. The molecule has 178 valence electrons. The molecule has 8 heteroatoms. The standard InChI is InChI=1S/C26H29FN4O3/c1-32-24-13-18(8-10-21(24)27)9-11-23(29)25-22(28)7-3-6-20(26(25)33-2)16-34-17-31-15-19-5-4-12-30-14-19/h4-14,29,31H,3,15-17,28H2,1-2H3/b11-9+,29-23?. The molecule has 0 fully saturated rings. The molecule has 0 spiro atoms. The molecule has 1 aromatic carbocycles. The van der Waals surface area contributed by atoms with Crippen LogP contribution >= 0.6 is 0 Å². The van der Waals surface area contributed by atoms with Gasteiger partial charge in [-0.25, -0.2) is 4.39 Å². The van der Waals surface area contributed by atoms with Crippen molar-refractivity contribution < 1.29 is 18.6 Å². The summed E-state index contributed by atoms with van der Waals surface area (Å²) < 4.78 is 30.1. The number of nitrogens with two attached hydrogens (primary N) is 1. The minimum Gasteiger partial charge on any atom is -0.496 e. The highest BCUT2D eigenvalue weighted by Crippen LogP contribution is 2.26. The van der Waals surface area contributed by atoms with Gasteiger partial charge in [0.05, 0.1) is 38.8 Å². The number of nitrogens with zero attached hydrogens (tertiary/aromatic N) is 1. The van der Waals surface area contributed by atoms with Crippen molar-refractivity contribution >= 4 is 11.8 Å². The second-order valence-corrected chi connectivity index (χ2v) is 7.45. The van der Waals surface area contributed by atoms with E-state index in [1.165, 1.54) is 13.2 Å². The Hall–Kier alpha value is -3.75. The van der Waals surface area contributed by atoms with Gasteiger partial charge < -0.3 is 25.4 Å². The van der Waals surface area contributed by atoms with Crippen LogP contribution in [0.25, 0.3) is 6.08 Å². The van der Waals surface area contributed by atoms with E-state index < -0.39 is 5.82 Å². The van der Waals surface area contributed by atoms with Gasteiger partial charge in [-0.15, -0.1) is 0 Å². The van der Waals surface area contributed by atoms with Crippen molar-refractivity contribution in [1.82, 2.24) is 10.3 Å². The Morgan fingerprint density at radius 3 is 2.82 bits per heavy atom. The number of allylic oxidation sites excluding steroid dienone is 4. The van der Waals surface area contributed by atoms with Gasteiger partial charge in [-0.2, -0.15) is 0 Å². The average molecular weight is 465 g/mol. The number of ether oxygens (including phenoxy) is 3. The summed E-state index contributed by atoms with van der Waals surface area (Å²) in [6, 6.07) is 8.37. The first kappa shape index (κ1) is 24.9. The second-order valence-electron chi connectivity index (χ2n) is 7.45. The number of rotatable bonds is 11. The van der Waals surface area contributed by atoms with E-state index in [9.17, 15) is 4.39 Å². The zero-order valence-corrected chi connectivity index (χ0v) is 19.3. The summed E-state index contributed by atoms with van der Waals surface area (Å²) in [6.45, 7) is 1.27. The van der Waals surface area contributed by atoms with Crippen LogP contribution in [0.3, 0.4) is 0 Å². The summed E-state index contributed by atoms with van der Waals surface area (Å²) in [7, 11) is 2.95. The lowest BCUT2D eigenvalue weighted by Crippen LogP contribution is -2.19. The fraction of sp³-hybridized carbons (Fsp3) is 0.231. The molecule has 3 rings (SSSR count). The van der Waals surface area contributed by atoms with E-state index in [0.29, 0.717) is 48.9 Å². The van der Waals surface area contributed by atoms with Crippen LogP contribution in [0.2, 0.25) is 0 Å². The largest absolute Gasteiger partial charge is 0.496 e. The summed E-state index contributed by atoms with van der Waals surface area (Å²) in [5, 5.41) is 11.8. The molecule has 0 aliphatic heterocycles. The molecule has 0 radical (unpaired) electrons. The van der Waals surface area contributed by atoms with Crippen molar-refractivity contribution in [2.24, 2.45) is 5.73 Å². The highest BCUT2D eigenvalue weighted by Gasteiger charge is 2.20.